The van der Waals surface area contributed by atoms with Gasteiger partial charge in [0.05, 0.1) is 5.56 Å². The van der Waals surface area contributed by atoms with E-state index in [0.29, 0.717) is 11.4 Å². The zero-order valence-corrected chi connectivity index (χ0v) is 13.9. The minimum Gasteiger partial charge on any atom is -0.452 e. The second-order valence-electron chi connectivity index (χ2n) is 5.32. The van der Waals surface area contributed by atoms with E-state index in [1.54, 1.807) is 24.3 Å². The maximum atomic E-state index is 11.9. The van der Waals surface area contributed by atoms with Crippen LogP contribution in [0.3, 0.4) is 0 Å². The average molecular weight is 355 g/mol. The maximum Gasteiger partial charge on any atom is 0.338 e. The van der Waals surface area contributed by atoms with Crippen molar-refractivity contribution in [2.75, 3.05) is 17.2 Å². The van der Waals surface area contributed by atoms with Gasteiger partial charge in [-0.15, -0.1) is 0 Å². The van der Waals surface area contributed by atoms with E-state index in [1.165, 1.54) is 31.2 Å². The van der Waals surface area contributed by atoms with Crippen molar-refractivity contribution in [3.05, 3.63) is 59.7 Å². The average Bonchev–Trinajstić information content (AvgIpc) is 2.61. The van der Waals surface area contributed by atoms with Crippen LogP contribution in [0.2, 0.25) is 0 Å². The van der Waals surface area contributed by atoms with E-state index < -0.39 is 24.4 Å². The Kier molecular flexibility index (Phi) is 6.05. The van der Waals surface area contributed by atoms with Crippen LogP contribution in [0.5, 0.6) is 0 Å². The lowest BCUT2D eigenvalue weighted by atomic mass is 10.1. The lowest BCUT2D eigenvalue weighted by molar-refractivity contribution is -0.119. The van der Waals surface area contributed by atoms with Crippen LogP contribution in [-0.2, 0) is 14.3 Å². The van der Waals surface area contributed by atoms with Gasteiger partial charge in [-0.25, -0.2) is 4.79 Å². The van der Waals surface area contributed by atoms with Gasteiger partial charge in [0.2, 0.25) is 11.8 Å². The Morgan fingerprint density at radius 1 is 0.846 bits per heavy atom. The van der Waals surface area contributed by atoms with E-state index in [9.17, 15) is 19.2 Å². The fourth-order valence-corrected chi connectivity index (χ4v) is 2.02. The number of hydrogen-bond acceptors (Lipinski definition) is 5. The molecular formula is C18H17N3O5. The zero-order chi connectivity index (χ0) is 19.1. The summed E-state index contributed by atoms with van der Waals surface area (Å²) in [5.41, 5.74) is 6.67. The molecule has 0 saturated heterocycles. The predicted octanol–water partition coefficient (Wildman–Crippen LogP) is 1.54. The molecule has 0 fully saturated rings. The molecule has 0 unspecified atom stereocenters. The smallest absolute Gasteiger partial charge is 0.338 e. The molecule has 26 heavy (non-hydrogen) atoms. The van der Waals surface area contributed by atoms with Gasteiger partial charge in [-0.05, 0) is 48.5 Å². The molecule has 0 aliphatic rings. The summed E-state index contributed by atoms with van der Waals surface area (Å²) in [6.45, 7) is 0.926. The Hall–Kier alpha value is -3.68. The Bertz CT molecular complexity index is 829. The van der Waals surface area contributed by atoms with Crippen molar-refractivity contribution in [2.45, 2.75) is 6.92 Å². The van der Waals surface area contributed by atoms with Gasteiger partial charge in [-0.1, -0.05) is 0 Å². The van der Waals surface area contributed by atoms with E-state index in [2.05, 4.69) is 10.6 Å². The number of esters is 1. The van der Waals surface area contributed by atoms with E-state index in [0.717, 1.165) is 0 Å². The number of ether oxygens (including phenoxy) is 1. The lowest BCUT2D eigenvalue weighted by Gasteiger charge is -2.08. The van der Waals surface area contributed by atoms with Gasteiger partial charge in [0.25, 0.3) is 5.91 Å². The number of rotatable bonds is 6. The van der Waals surface area contributed by atoms with Crippen molar-refractivity contribution in [3.63, 3.8) is 0 Å². The van der Waals surface area contributed by atoms with Gasteiger partial charge in [-0.3, -0.25) is 14.4 Å². The highest BCUT2D eigenvalue weighted by atomic mass is 16.5. The fraction of sp³-hybridized carbons (Fsp3) is 0.111. The second kappa shape index (κ2) is 8.43. The minimum absolute atomic E-state index is 0.197. The molecule has 0 radical (unpaired) electrons. The molecule has 0 aromatic heterocycles. The molecule has 0 saturated carbocycles. The lowest BCUT2D eigenvalue weighted by Crippen LogP contribution is -2.21. The third kappa shape index (κ3) is 5.45. The molecule has 0 aliphatic carbocycles. The first-order valence-electron chi connectivity index (χ1n) is 7.59. The molecule has 2 aromatic rings. The van der Waals surface area contributed by atoms with Crippen LogP contribution in [0.15, 0.2) is 48.5 Å². The predicted molar refractivity (Wildman–Crippen MR) is 94.6 cm³/mol. The second-order valence-corrected chi connectivity index (χ2v) is 5.32. The first-order chi connectivity index (χ1) is 12.3. The summed E-state index contributed by atoms with van der Waals surface area (Å²) in [5, 5.41) is 5.17. The summed E-state index contributed by atoms with van der Waals surface area (Å²) in [7, 11) is 0. The number of hydrogen-bond donors (Lipinski definition) is 3. The number of primary amides is 1. The van der Waals surface area contributed by atoms with Gasteiger partial charge in [0.1, 0.15) is 0 Å². The third-order valence-electron chi connectivity index (χ3n) is 3.23. The largest absolute Gasteiger partial charge is 0.452 e. The summed E-state index contributed by atoms with van der Waals surface area (Å²) < 4.78 is 4.91. The van der Waals surface area contributed by atoms with Crippen molar-refractivity contribution in [3.8, 4) is 0 Å². The Morgan fingerprint density at radius 2 is 1.35 bits per heavy atom. The van der Waals surface area contributed by atoms with Crippen LogP contribution in [0.25, 0.3) is 0 Å². The van der Waals surface area contributed by atoms with Crippen LogP contribution >= 0.6 is 0 Å². The SMILES string of the molecule is CC(=O)Nc1ccc(NC(=O)COC(=O)c2ccc(C(N)=O)cc2)cc1. The first-order valence-corrected chi connectivity index (χ1v) is 7.59. The van der Waals surface area contributed by atoms with Gasteiger partial charge >= 0.3 is 5.97 Å². The highest BCUT2D eigenvalue weighted by molar-refractivity contribution is 5.97. The van der Waals surface area contributed by atoms with Crippen LogP contribution < -0.4 is 16.4 Å². The summed E-state index contributed by atoms with van der Waals surface area (Å²) >= 11 is 0. The molecule has 134 valence electrons. The number of carbonyl (C=O) groups excluding carboxylic acids is 4. The number of nitrogens with two attached hydrogens (primary N) is 1. The first kappa shape index (κ1) is 18.7. The monoisotopic (exact) mass is 355 g/mol. The van der Waals surface area contributed by atoms with Crippen molar-refractivity contribution < 1.29 is 23.9 Å². The van der Waals surface area contributed by atoms with Crippen LogP contribution in [-0.4, -0.2) is 30.3 Å². The molecule has 4 N–H and O–H groups in total. The molecule has 0 heterocycles. The van der Waals surface area contributed by atoms with Gasteiger partial charge in [-0.2, -0.15) is 0 Å². The molecule has 0 bridgehead atoms. The van der Waals surface area contributed by atoms with E-state index in [-0.39, 0.29) is 17.0 Å². The van der Waals surface area contributed by atoms with E-state index in [4.69, 9.17) is 10.5 Å². The molecule has 8 heteroatoms. The number of benzene rings is 2. The van der Waals surface area contributed by atoms with Crippen molar-refractivity contribution >= 4 is 35.1 Å². The number of carbonyl (C=O) groups is 4. The Morgan fingerprint density at radius 3 is 1.85 bits per heavy atom. The molecule has 2 rings (SSSR count). The van der Waals surface area contributed by atoms with Crippen molar-refractivity contribution in [1.82, 2.24) is 0 Å². The fourth-order valence-electron chi connectivity index (χ4n) is 2.02. The molecule has 2 aromatic carbocycles. The molecule has 0 atom stereocenters. The standard InChI is InChI=1S/C18H17N3O5/c1-11(22)20-14-6-8-15(9-7-14)21-16(23)10-26-18(25)13-4-2-12(3-5-13)17(19)24/h2-9H,10H2,1H3,(H2,19,24)(H,20,22)(H,21,23). The summed E-state index contributed by atoms with van der Waals surface area (Å²) in [6, 6.07) is 12.0. The molecule has 3 amide bonds. The zero-order valence-electron chi connectivity index (χ0n) is 13.9. The van der Waals surface area contributed by atoms with Crippen LogP contribution in [0.1, 0.15) is 27.6 Å². The van der Waals surface area contributed by atoms with E-state index in [1.807, 2.05) is 0 Å². The summed E-state index contributed by atoms with van der Waals surface area (Å²) in [6.07, 6.45) is 0. The molecule has 0 aliphatic heterocycles. The summed E-state index contributed by atoms with van der Waals surface area (Å²) in [4.78, 5) is 45.6. The normalized spacial score (nSPS) is 9.88. The van der Waals surface area contributed by atoms with Gasteiger partial charge in [0.15, 0.2) is 6.61 Å². The summed E-state index contributed by atoms with van der Waals surface area (Å²) in [5.74, 6) is -2.01. The minimum atomic E-state index is -0.697. The highest BCUT2D eigenvalue weighted by Crippen LogP contribution is 2.13. The molecular weight excluding hydrogens is 338 g/mol. The van der Waals surface area contributed by atoms with Crippen LogP contribution in [0, 0.1) is 0 Å². The van der Waals surface area contributed by atoms with Crippen LogP contribution in [0.4, 0.5) is 11.4 Å². The third-order valence-corrected chi connectivity index (χ3v) is 3.23. The quantitative estimate of drug-likeness (QED) is 0.677. The molecule has 8 nitrogen and oxygen atoms in total. The van der Waals surface area contributed by atoms with Crippen molar-refractivity contribution in [1.29, 1.82) is 0 Å². The number of amides is 3. The Balaban J connectivity index is 1.85. The van der Waals surface area contributed by atoms with Gasteiger partial charge in [0, 0.05) is 23.9 Å². The highest BCUT2D eigenvalue weighted by Gasteiger charge is 2.11. The number of nitrogens with one attached hydrogen (secondary N) is 2. The molecule has 0 spiro atoms. The number of anilines is 2. The maximum absolute atomic E-state index is 11.9. The van der Waals surface area contributed by atoms with E-state index >= 15 is 0 Å². The van der Waals surface area contributed by atoms with Crippen molar-refractivity contribution in [2.24, 2.45) is 5.73 Å². The van der Waals surface area contributed by atoms with Gasteiger partial charge < -0.3 is 21.1 Å². The topological polar surface area (TPSA) is 128 Å². The Labute approximate surface area is 149 Å².